The SMILES string of the molecule is CCNC(=O)C(O)CCCCCCCCCCCCCCCCO. The number of likely N-dealkylation sites (N-methyl/N-ethyl adjacent to an activating group) is 1. The molecule has 1 atom stereocenters. The molecule has 3 N–H and O–H groups in total. The number of carbonyl (C=O) groups is 1. The van der Waals surface area contributed by atoms with Gasteiger partial charge in [-0.3, -0.25) is 4.79 Å². The van der Waals surface area contributed by atoms with E-state index in [-0.39, 0.29) is 5.91 Å². The first-order valence-corrected chi connectivity index (χ1v) is 10.3. The van der Waals surface area contributed by atoms with Crippen LogP contribution in [0.25, 0.3) is 0 Å². The molecular weight excluding hydrogens is 302 g/mol. The minimum absolute atomic E-state index is 0.231. The highest BCUT2D eigenvalue weighted by Crippen LogP contribution is 2.13. The third kappa shape index (κ3) is 16.3. The zero-order valence-electron chi connectivity index (χ0n) is 15.9. The maximum atomic E-state index is 11.4. The second kappa shape index (κ2) is 18.7. The largest absolute Gasteiger partial charge is 0.396 e. The predicted octanol–water partition coefficient (Wildman–Crippen LogP) is 4.33. The van der Waals surface area contributed by atoms with Gasteiger partial charge < -0.3 is 15.5 Å². The molecular formula is C20H41NO3. The number of rotatable bonds is 18. The number of hydrogen-bond acceptors (Lipinski definition) is 3. The summed E-state index contributed by atoms with van der Waals surface area (Å²) in [5.74, 6) is -0.231. The molecule has 0 rings (SSSR count). The molecule has 0 aromatic carbocycles. The van der Waals surface area contributed by atoms with E-state index >= 15 is 0 Å². The summed E-state index contributed by atoms with van der Waals surface area (Å²) in [5, 5.41) is 21.0. The molecule has 0 radical (unpaired) electrons. The van der Waals surface area contributed by atoms with Gasteiger partial charge in [-0.1, -0.05) is 83.5 Å². The summed E-state index contributed by atoms with van der Waals surface area (Å²) < 4.78 is 0. The Morgan fingerprint density at radius 1 is 0.750 bits per heavy atom. The van der Waals surface area contributed by atoms with Crippen molar-refractivity contribution in [3.63, 3.8) is 0 Å². The number of amides is 1. The van der Waals surface area contributed by atoms with Gasteiger partial charge in [-0.15, -0.1) is 0 Å². The predicted molar refractivity (Wildman–Crippen MR) is 101 cm³/mol. The van der Waals surface area contributed by atoms with Crippen molar-refractivity contribution in [2.75, 3.05) is 13.2 Å². The molecule has 0 bridgehead atoms. The molecule has 4 nitrogen and oxygen atoms in total. The number of unbranched alkanes of at least 4 members (excludes halogenated alkanes) is 13. The fraction of sp³-hybridized carbons (Fsp3) is 0.950. The first-order valence-electron chi connectivity index (χ1n) is 10.3. The molecule has 0 aromatic heterocycles. The first-order chi connectivity index (χ1) is 11.7. The Hall–Kier alpha value is -0.610. The fourth-order valence-corrected chi connectivity index (χ4v) is 2.99. The van der Waals surface area contributed by atoms with Crippen molar-refractivity contribution in [3.8, 4) is 0 Å². The van der Waals surface area contributed by atoms with Crippen LogP contribution in [0.1, 0.15) is 103 Å². The van der Waals surface area contributed by atoms with Crippen LogP contribution in [0.3, 0.4) is 0 Å². The lowest BCUT2D eigenvalue weighted by Crippen LogP contribution is -2.34. The monoisotopic (exact) mass is 343 g/mol. The number of carbonyl (C=O) groups excluding carboxylic acids is 1. The van der Waals surface area contributed by atoms with Crippen LogP contribution in [0.2, 0.25) is 0 Å². The molecule has 0 fully saturated rings. The summed E-state index contributed by atoms with van der Waals surface area (Å²) in [6.45, 7) is 2.79. The van der Waals surface area contributed by atoms with Gasteiger partial charge in [0.15, 0.2) is 0 Å². The van der Waals surface area contributed by atoms with Gasteiger partial charge in [-0.25, -0.2) is 0 Å². The molecule has 0 heterocycles. The van der Waals surface area contributed by atoms with Crippen molar-refractivity contribution < 1.29 is 15.0 Å². The quantitative estimate of drug-likeness (QED) is 0.324. The van der Waals surface area contributed by atoms with E-state index in [0.717, 1.165) is 19.3 Å². The van der Waals surface area contributed by atoms with Gasteiger partial charge in [0, 0.05) is 13.2 Å². The summed E-state index contributed by atoms with van der Waals surface area (Å²) in [5.41, 5.74) is 0. The Morgan fingerprint density at radius 2 is 1.12 bits per heavy atom. The average molecular weight is 344 g/mol. The lowest BCUT2D eigenvalue weighted by Gasteiger charge is -2.09. The fourth-order valence-electron chi connectivity index (χ4n) is 2.99. The van der Waals surface area contributed by atoms with Crippen LogP contribution >= 0.6 is 0 Å². The van der Waals surface area contributed by atoms with Crippen molar-refractivity contribution in [1.82, 2.24) is 5.32 Å². The van der Waals surface area contributed by atoms with Crippen molar-refractivity contribution in [2.24, 2.45) is 0 Å². The zero-order valence-corrected chi connectivity index (χ0v) is 15.9. The normalized spacial score (nSPS) is 12.3. The van der Waals surface area contributed by atoms with Crippen molar-refractivity contribution >= 4 is 5.91 Å². The molecule has 0 aliphatic rings. The summed E-state index contributed by atoms with van der Waals surface area (Å²) in [4.78, 5) is 11.4. The molecule has 144 valence electrons. The van der Waals surface area contributed by atoms with Crippen LogP contribution in [0.15, 0.2) is 0 Å². The van der Waals surface area contributed by atoms with Gasteiger partial charge in [0.1, 0.15) is 6.10 Å². The van der Waals surface area contributed by atoms with E-state index < -0.39 is 6.10 Å². The van der Waals surface area contributed by atoms with E-state index in [9.17, 15) is 9.90 Å². The van der Waals surface area contributed by atoms with Crippen LogP contribution in [-0.2, 0) is 4.79 Å². The third-order valence-electron chi connectivity index (χ3n) is 4.54. The molecule has 0 saturated heterocycles. The highest BCUT2D eigenvalue weighted by molar-refractivity contribution is 5.80. The minimum atomic E-state index is -0.825. The molecule has 1 amide bonds. The summed E-state index contributed by atoms with van der Waals surface area (Å²) >= 11 is 0. The van der Waals surface area contributed by atoms with Crippen molar-refractivity contribution in [2.45, 2.75) is 109 Å². The second-order valence-electron chi connectivity index (χ2n) is 6.87. The first kappa shape index (κ1) is 23.4. The third-order valence-corrected chi connectivity index (χ3v) is 4.54. The maximum absolute atomic E-state index is 11.4. The Kier molecular flexibility index (Phi) is 18.2. The van der Waals surface area contributed by atoms with E-state index in [1.807, 2.05) is 6.92 Å². The molecule has 24 heavy (non-hydrogen) atoms. The second-order valence-corrected chi connectivity index (χ2v) is 6.87. The van der Waals surface area contributed by atoms with Gasteiger partial charge in [0.25, 0.3) is 0 Å². The Bertz CT molecular complexity index is 272. The van der Waals surface area contributed by atoms with Gasteiger partial charge in [0.05, 0.1) is 0 Å². The lowest BCUT2D eigenvalue weighted by atomic mass is 10.0. The van der Waals surface area contributed by atoms with E-state index in [2.05, 4.69) is 5.32 Å². The van der Waals surface area contributed by atoms with E-state index in [0.29, 0.717) is 19.6 Å². The Balaban J connectivity index is 3.14. The number of aliphatic hydroxyl groups excluding tert-OH is 2. The van der Waals surface area contributed by atoms with Crippen LogP contribution in [-0.4, -0.2) is 35.4 Å². The van der Waals surface area contributed by atoms with E-state index in [4.69, 9.17) is 5.11 Å². The molecule has 0 spiro atoms. The van der Waals surface area contributed by atoms with E-state index in [1.54, 1.807) is 0 Å². The average Bonchev–Trinajstić information content (AvgIpc) is 2.58. The molecule has 0 aromatic rings. The van der Waals surface area contributed by atoms with Crippen molar-refractivity contribution in [3.05, 3.63) is 0 Å². The van der Waals surface area contributed by atoms with Gasteiger partial charge >= 0.3 is 0 Å². The summed E-state index contributed by atoms with van der Waals surface area (Å²) in [6.07, 6.45) is 17.1. The topological polar surface area (TPSA) is 69.6 Å². The summed E-state index contributed by atoms with van der Waals surface area (Å²) in [7, 11) is 0. The molecule has 4 heteroatoms. The number of nitrogens with one attached hydrogen (secondary N) is 1. The van der Waals surface area contributed by atoms with Crippen LogP contribution < -0.4 is 5.32 Å². The number of hydrogen-bond donors (Lipinski definition) is 3. The van der Waals surface area contributed by atoms with Gasteiger partial charge in [0.2, 0.25) is 5.91 Å². The Labute approximate surface area is 149 Å². The van der Waals surface area contributed by atoms with Crippen LogP contribution in [0.4, 0.5) is 0 Å². The molecule has 0 aliphatic heterocycles. The molecule has 1 unspecified atom stereocenters. The lowest BCUT2D eigenvalue weighted by molar-refractivity contribution is -0.129. The van der Waals surface area contributed by atoms with Crippen LogP contribution in [0.5, 0.6) is 0 Å². The smallest absolute Gasteiger partial charge is 0.248 e. The highest BCUT2D eigenvalue weighted by Gasteiger charge is 2.12. The molecule has 0 saturated carbocycles. The zero-order chi connectivity index (χ0) is 17.9. The maximum Gasteiger partial charge on any atom is 0.248 e. The Morgan fingerprint density at radius 3 is 1.50 bits per heavy atom. The molecule has 0 aliphatic carbocycles. The number of aliphatic hydroxyl groups is 2. The van der Waals surface area contributed by atoms with E-state index in [1.165, 1.54) is 70.6 Å². The standard InChI is InChI=1S/C20H41NO3/c1-2-21-20(24)19(23)17-15-13-11-9-7-5-3-4-6-8-10-12-14-16-18-22/h19,22-23H,2-18H2,1H3,(H,21,24). The van der Waals surface area contributed by atoms with Crippen LogP contribution in [0, 0.1) is 0 Å². The van der Waals surface area contributed by atoms with Gasteiger partial charge in [-0.2, -0.15) is 0 Å². The van der Waals surface area contributed by atoms with Gasteiger partial charge in [-0.05, 0) is 19.8 Å². The summed E-state index contributed by atoms with van der Waals surface area (Å²) in [6, 6.07) is 0. The minimum Gasteiger partial charge on any atom is -0.396 e. The van der Waals surface area contributed by atoms with Crippen molar-refractivity contribution in [1.29, 1.82) is 0 Å². The highest BCUT2D eigenvalue weighted by atomic mass is 16.3.